The minimum atomic E-state index is -0.735. The fraction of sp³-hybridized carbons (Fsp3) is 0.448. The maximum atomic E-state index is 13.7. The van der Waals surface area contributed by atoms with Crippen LogP contribution in [0.25, 0.3) is 6.08 Å². The lowest BCUT2D eigenvalue weighted by atomic mass is 9.94. The van der Waals surface area contributed by atoms with Gasteiger partial charge in [-0.2, -0.15) is 0 Å². The second-order valence-electron chi connectivity index (χ2n) is 10.5. The molecule has 11 nitrogen and oxygen atoms in total. The molecule has 2 saturated carbocycles. The maximum absolute atomic E-state index is 13.7. The Morgan fingerprint density at radius 3 is 2.24 bits per heavy atom. The molecule has 3 aliphatic rings. The number of benzene rings is 2. The van der Waals surface area contributed by atoms with E-state index >= 15 is 0 Å². The number of amides is 1. The van der Waals surface area contributed by atoms with Crippen molar-refractivity contribution in [1.82, 2.24) is 4.90 Å². The number of ether oxygens (including phenoxy) is 2. The Kier molecular flexibility index (Phi) is 8.87. The van der Waals surface area contributed by atoms with Crippen LogP contribution in [0.15, 0.2) is 46.3 Å². The molecule has 0 spiro atoms. The Balaban J connectivity index is 1.42. The van der Waals surface area contributed by atoms with Crippen molar-refractivity contribution in [3.8, 4) is 17.2 Å². The molecule has 2 aliphatic carbocycles. The summed E-state index contributed by atoms with van der Waals surface area (Å²) in [5.41, 5.74) is -0.246. The third-order valence-electron chi connectivity index (χ3n) is 7.70. The molecule has 1 saturated heterocycles. The molecule has 3 fully saturated rings. The number of nitro groups is 2. The number of nitro benzene ring substituents is 2. The number of hydrogen-bond donors (Lipinski definition) is 0. The summed E-state index contributed by atoms with van der Waals surface area (Å²) in [5, 5.41) is 23.4. The predicted octanol–water partition coefficient (Wildman–Crippen LogP) is 7.24. The second kappa shape index (κ2) is 12.7. The summed E-state index contributed by atoms with van der Waals surface area (Å²) >= 11 is 1.42. The van der Waals surface area contributed by atoms with Gasteiger partial charge in [-0.25, -0.2) is 0 Å². The van der Waals surface area contributed by atoms with Crippen LogP contribution in [0.2, 0.25) is 0 Å². The monoisotopic (exact) mass is 580 g/mol. The zero-order valence-corrected chi connectivity index (χ0v) is 23.6. The van der Waals surface area contributed by atoms with Gasteiger partial charge in [-0.15, -0.1) is 0 Å². The summed E-state index contributed by atoms with van der Waals surface area (Å²) in [4.78, 5) is 42.4. The SMILES string of the molecule is COc1cc(C=C2SC(=NC3CCCCC3)N(C3CCCCC3)C2=O)ccc1Oc1ccc([N+](=O)[O-])cc1[N+](=O)[O-]. The molecule has 0 N–H and O–H groups in total. The van der Waals surface area contributed by atoms with E-state index < -0.39 is 21.2 Å². The Morgan fingerprint density at radius 1 is 0.902 bits per heavy atom. The molecule has 216 valence electrons. The molecule has 2 aromatic rings. The lowest BCUT2D eigenvalue weighted by Gasteiger charge is -2.31. The summed E-state index contributed by atoms with van der Waals surface area (Å²) in [5.74, 6) is 0.304. The zero-order valence-electron chi connectivity index (χ0n) is 22.8. The molecule has 12 heteroatoms. The van der Waals surface area contributed by atoms with Gasteiger partial charge in [0.15, 0.2) is 16.7 Å². The average Bonchev–Trinajstić information content (AvgIpc) is 3.28. The number of aliphatic imine (C=N–C) groups is 1. The van der Waals surface area contributed by atoms with Crippen LogP contribution < -0.4 is 9.47 Å². The molecule has 41 heavy (non-hydrogen) atoms. The first kappa shape index (κ1) is 28.6. The number of hydrogen-bond acceptors (Lipinski definition) is 9. The molecule has 0 unspecified atom stereocenters. The fourth-order valence-corrected chi connectivity index (χ4v) is 6.69. The predicted molar refractivity (Wildman–Crippen MR) is 156 cm³/mol. The number of rotatable bonds is 8. The largest absolute Gasteiger partial charge is 0.493 e. The average molecular weight is 581 g/mol. The van der Waals surface area contributed by atoms with Gasteiger partial charge < -0.3 is 9.47 Å². The maximum Gasteiger partial charge on any atom is 0.318 e. The quantitative estimate of drug-likeness (QED) is 0.181. The van der Waals surface area contributed by atoms with E-state index in [0.29, 0.717) is 16.2 Å². The highest BCUT2D eigenvalue weighted by atomic mass is 32.2. The van der Waals surface area contributed by atoms with E-state index in [1.807, 2.05) is 11.0 Å². The third-order valence-corrected chi connectivity index (χ3v) is 8.70. The topological polar surface area (TPSA) is 137 Å². The van der Waals surface area contributed by atoms with Crippen LogP contribution in [0.4, 0.5) is 11.4 Å². The van der Waals surface area contributed by atoms with E-state index in [4.69, 9.17) is 14.5 Å². The summed E-state index contributed by atoms with van der Waals surface area (Å²) in [6, 6.07) is 8.62. The lowest BCUT2D eigenvalue weighted by molar-refractivity contribution is -0.394. The molecule has 0 bridgehead atoms. The number of methoxy groups -OCH3 is 1. The van der Waals surface area contributed by atoms with Crippen LogP contribution in [0.1, 0.15) is 69.8 Å². The number of amidine groups is 1. The van der Waals surface area contributed by atoms with Crippen LogP contribution in [0.3, 0.4) is 0 Å². The van der Waals surface area contributed by atoms with Crippen molar-refractivity contribution in [3.63, 3.8) is 0 Å². The van der Waals surface area contributed by atoms with Gasteiger partial charge in [-0.05, 0) is 67.3 Å². The highest BCUT2D eigenvalue weighted by Gasteiger charge is 2.39. The Labute approximate surface area is 241 Å². The van der Waals surface area contributed by atoms with Crippen molar-refractivity contribution < 1.29 is 24.1 Å². The molecule has 0 aromatic heterocycles. The van der Waals surface area contributed by atoms with Crippen LogP contribution in [-0.2, 0) is 4.79 Å². The third kappa shape index (κ3) is 6.53. The normalized spacial score (nSPS) is 20.5. The van der Waals surface area contributed by atoms with Crippen molar-refractivity contribution in [2.75, 3.05) is 7.11 Å². The first-order valence-electron chi connectivity index (χ1n) is 13.9. The minimum Gasteiger partial charge on any atom is -0.493 e. The second-order valence-corrected chi connectivity index (χ2v) is 11.5. The Morgan fingerprint density at radius 2 is 1.59 bits per heavy atom. The van der Waals surface area contributed by atoms with Crippen molar-refractivity contribution in [2.24, 2.45) is 4.99 Å². The number of non-ortho nitro benzene ring substituents is 1. The molecule has 0 atom stereocenters. The molecular formula is C29H32N4O7S. The van der Waals surface area contributed by atoms with E-state index in [2.05, 4.69) is 0 Å². The standard InChI is InChI=1S/C29H32N4O7S/c1-39-26-16-19(12-14-25(26)40-24-15-13-22(32(35)36)18-23(24)33(37)38)17-27-28(34)31(21-10-6-3-7-11-21)29(41-27)30-20-8-4-2-5-9-20/h12-18,20-21H,2-11H2,1H3. The molecule has 1 heterocycles. The molecule has 1 amide bonds. The van der Waals surface area contributed by atoms with Crippen molar-refractivity contribution in [2.45, 2.75) is 76.3 Å². The number of carbonyl (C=O) groups excluding carboxylic acids is 1. The van der Waals surface area contributed by atoms with E-state index in [1.165, 1.54) is 50.6 Å². The van der Waals surface area contributed by atoms with E-state index in [1.54, 1.807) is 18.2 Å². The summed E-state index contributed by atoms with van der Waals surface area (Å²) in [7, 11) is 1.44. The molecule has 2 aromatic carbocycles. The fourth-order valence-electron chi connectivity index (χ4n) is 5.58. The lowest BCUT2D eigenvalue weighted by Crippen LogP contribution is -2.41. The smallest absolute Gasteiger partial charge is 0.318 e. The van der Waals surface area contributed by atoms with Crippen LogP contribution in [0, 0.1) is 20.2 Å². The number of thioether (sulfide) groups is 1. The van der Waals surface area contributed by atoms with E-state index in [0.717, 1.165) is 55.8 Å². The van der Waals surface area contributed by atoms with Crippen LogP contribution in [-0.4, -0.2) is 45.0 Å². The minimum absolute atomic E-state index is 0.0303. The molecule has 1 aliphatic heterocycles. The van der Waals surface area contributed by atoms with Gasteiger partial charge in [0, 0.05) is 12.1 Å². The zero-order chi connectivity index (χ0) is 28.9. The Bertz CT molecular complexity index is 1400. The summed E-state index contributed by atoms with van der Waals surface area (Å²) < 4.78 is 11.3. The van der Waals surface area contributed by atoms with Crippen molar-refractivity contribution in [1.29, 1.82) is 0 Å². The van der Waals surface area contributed by atoms with Crippen LogP contribution in [0.5, 0.6) is 17.2 Å². The van der Waals surface area contributed by atoms with Gasteiger partial charge in [0.25, 0.3) is 11.6 Å². The van der Waals surface area contributed by atoms with Crippen LogP contribution >= 0.6 is 11.8 Å². The molecule has 0 radical (unpaired) electrons. The van der Waals surface area contributed by atoms with Gasteiger partial charge in [0.2, 0.25) is 5.75 Å². The summed E-state index contributed by atoms with van der Waals surface area (Å²) in [6.45, 7) is 0. The van der Waals surface area contributed by atoms with Gasteiger partial charge in [-0.1, -0.05) is 44.6 Å². The first-order chi connectivity index (χ1) is 19.8. The van der Waals surface area contributed by atoms with Gasteiger partial charge in [-0.3, -0.25) is 34.9 Å². The van der Waals surface area contributed by atoms with Crippen molar-refractivity contribution in [3.05, 3.63) is 67.1 Å². The van der Waals surface area contributed by atoms with Gasteiger partial charge in [0.1, 0.15) is 0 Å². The molecule has 5 rings (SSSR count). The van der Waals surface area contributed by atoms with Crippen molar-refractivity contribution >= 4 is 40.3 Å². The summed E-state index contributed by atoms with van der Waals surface area (Å²) in [6.07, 6.45) is 12.9. The number of nitrogens with zero attached hydrogens (tertiary/aromatic N) is 4. The van der Waals surface area contributed by atoms with Gasteiger partial charge in [0.05, 0.1) is 34.0 Å². The highest BCUT2D eigenvalue weighted by molar-refractivity contribution is 8.18. The Hall–Kier alpha value is -3.93. The molecular weight excluding hydrogens is 548 g/mol. The van der Waals surface area contributed by atoms with Gasteiger partial charge >= 0.3 is 5.69 Å². The van der Waals surface area contributed by atoms with E-state index in [9.17, 15) is 25.0 Å². The number of carbonyl (C=O) groups is 1. The van der Waals surface area contributed by atoms with E-state index in [-0.39, 0.29) is 29.5 Å². The first-order valence-corrected chi connectivity index (χ1v) is 14.8. The highest BCUT2D eigenvalue weighted by Crippen LogP contribution is 2.41.